The van der Waals surface area contributed by atoms with E-state index in [1.54, 1.807) is 0 Å². The molecule has 0 spiro atoms. The average Bonchev–Trinajstić information content (AvgIpc) is 2.77. The Morgan fingerprint density at radius 1 is 1.40 bits per heavy atom. The summed E-state index contributed by atoms with van der Waals surface area (Å²) in [6.07, 6.45) is -0.463. The van der Waals surface area contributed by atoms with Gasteiger partial charge in [0.2, 0.25) is 0 Å². The highest BCUT2D eigenvalue weighted by Crippen LogP contribution is 2.22. The zero-order valence-corrected chi connectivity index (χ0v) is 10.7. The maximum absolute atomic E-state index is 12.4. The van der Waals surface area contributed by atoms with Crippen molar-refractivity contribution in [1.29, 1.82) is 0 Å². The third-order valence-electron chi connectivity index (χ3n) is 2.43. The molecule has 1 N–H and O–H groups in total. The lowest BCUT2D eigenvalue weighted by atomic mass is 10.3. The van der Waals surface area contributed by atoms with Crippen molar-refractivity contribution in [2.75, 3.05) is 5.32 Å². The van der Waals surface area contributed by atoms with Gasteiger partial charge in [-0.2, -0.15) is 13.2 Å². The Hall–Kier alpha value is -2.02. The largest absolute Gasteiger partial charge is 0.406 e. The summed E-state index contributed by atoms with van der Waals surface area (Å²) in [4.78, 5) is 15.7. The van der Waals surface area contributed by atoms with E-state index in [0.717, 1.165) is 4.57 Å². The van der Waals surface area contributed by atoms with Gasteiger partial charge in [0.1, 0.15) is 12.2 Å². The fourth-order valence-corrected chi connectivity index (χ4v) is 1.76. The summed E-state index contributed by atoms with van der Waals surface area (Å²) in [6.45, 7) is -1.23. The van der Waals surface area contributed by atoms with Gasteiger partial charge >= 0.3 is 6.18 Å². The molecule has 0 aliphatic rings. The minimum absolute atomic E-state index is 0.109. The van der Waals surface area contributed by atoms with Crippen LogP contribution < -0.4 is 5.32 Å². The lowest BCUT2D eigenvalue weighted by Crippen LogP contribution is -2.23. The quantitative estimate of drug-likeness (QED) is 0.945. The van der Waals surface area contributed by atoms with Crippen molar-refractivity contribution in [2.45, 2.75) is 12.7 Å². The molecule has 0 aliphatic carbocycles. The SMILES string of the molecule is O=C(Nc1cnccc1Cl)c1cccn1CC(F)(F)F. The third-order valence-corrected chi connectivity index (χ3v) is 2.76. The van der Waals surface area contributed by atoms with Crippen LogP contribution in [0.1, 0.15) is 10.5 Å². The summed E-state index contributed by atoms with van der Waals surface area (Å²) in [5.41, 5.74) is 0.126. The number of carbonyl (C=O) groups is 1. The van der Waals surface area contributed by atoms with Crippen molar-refractivity contribution in [3.63, 3.8) is 0 Å². The summed E-state index contributed by atoms with van der Waals surface area (Å²) < 4.78 is 37.9. The van der Waals surface area contributed by atoms with Gasteiger partial charge in [0.05, 0.1) is 16.9 Å². The molecule has 20 heavy (non-hydrogen) atoms. The first-order chi connectivity index (χ1) is 9.37. The number of rotatable bonds is 3. The molecule has 2 aromatic rings. The fourth-order valence-electron chi connectivity index (χ4n) is 1.61. The van der Waals surface area contributed by atoms with Crippen molar-refractivity contribution in [3.8, 4) is 0 Å². The first-order valence-corrected chi connectivity index (χ1v) is 5.87. The zero-order chi connectivity index (χ0) is 14.8. The number of pyridine rings is 1. The molecule has 0 aliphatic heterocycles. The van der Waals surface area contributed by atoms with Crippen LogP contribution in [-0.2, 0) is 6.54 Å². The topological polar surface area (TPSA) is 46.9 Å². The fraction of sp³-hybridized carbons (Fsp3) is 0.167. The molecular weight excluding hydrogens is 295 g/mol. The van der Waals surface area contributed by atoms with Gasteiger partial charge in [-0.3, -0.25) is 9.78 Å². The van der Waals surface area contributed by atoms with Crippen LogP contribution in [0, 0.1) is 0 Å². The van der Waals surface area contributed by atoms with Crippen LogP contribution in [0.3, 0.4) is 0 Å². The van der Waals surface area contributed by atoms with Crippen molar-refractivity contribution in [1.82, 2.24) is 9.55 Å². The molecule has 8 heteroatoms. The molecule has 0 atom stereocenters. The van der Waals surface area contributed by atoms with Gasteiger partial charge in [0.15, 0.2) is 0 Å². The van der Waals surface area contributed by atoms with Crippen LogP contribution >= 0.6 is 11.6 Å². The number of nitrogens with zero attached hydrogens (tertiary/aromatic N) is 2. The number of carbonyl (C=O) groups excluding carboxylic acids is 1. The standard InChI is InChI=1S/C12H9ClF3N3O/c13-8-3-4-17-6-9(8)18-11(20)10-2-1-5-19(10)7-12(14,15)16/h1-6H,7H2,(H,18,20). The monoisotopic (exact) mass is 303 g/mol. The predicted molar refractivity (Wildman–Crippen MR) is 67.7 cm³/mol. The number of hydrogen-bond acceptors (Lipinski definition) is 2. The van der Waals surface area contributed by atoms with E-state index in [4.69, 9.17) is 11.6 Å². The Bertz CT molecular complexity index is 624. The van der Waals surface area contributed by atoms with E-state index >= 15 is 0 Å². The molecule has 0 unspecified atom stereocenters. The van der Waals surface area contributed by atoms with Gasteiger partial charge in [0.25, 0.3) is 5.91 Å². The molecule has 2 heterocycles. The Morgan fingerprint density at radius 3 is 2.80 bits per heavy atom. The number of aromatic nitrogens is 2. The van der Waals surface area contributed by atoms with Gasteiger partial charge in [-0.25, -0.2) is 0 Å². The average molecular weight is 304 g/mol. The highest BCUT2D eigenvalue weighted by Gasteiger charge is 2.29. The van der Waals surface area contributed by atoms with E-state index in [-0.39, 0.29) is 16.4 Å². The van der Waals surface area contributed by atoms with E-state index in [1.165, 1.54) is 36.8 Å². The summed E-state index contributed by atoms with van der Waals surface area (Å²) in [7, 11) is 0. The maximum Gasteiger partial charge on any atom is 0.406 e. The highest BCUT2D eigenvalue weighted by molar-refractivity contribution is 6.33. The van der Waals surface area contributed by atoms with Crippen LogP contribution in [0.15, 0.2) is 36.8 Å². The van der Waals surface area contributed by atoms with Crippen LogP contribution in [0.4, 0.5) is 18.9 Å². The maximum atomic E-state index is 12.4. The number of anilines is 1. The van der Waals surface area contributed by atoms with E-state index < -0.39 is 18.6 Å². The summed E-state index contributed by atoms with van der Waals surface area (Å²) in [5.74, 6) is -0.686. The highest BCUT2D eigenvalue weighted by atomic mass is 35.5. The second-order valence-electron chi connectivity index (χ2n) is 3.95. The Kier molecular flexibility index (Phi) is 3.99. The second-order valence-corrected chi connectivity index (χ2v) is 4.35. The van der Waals surface area contributed by atoms with Crippen molar-refractivity contribution < 1.29 is 18.0 Å². The van der Waals surface area contributed by atoms with Crippen molar-refractivity contribution in [3.05, 3.63) is 47.5 Å². The van der Waals surface area contributed by atoms with E-state index in [0.29, 0.717) is 0 Å². The van der Waals surface area contributed by atoms with Crippen LogP contribution in [0.25, 0.3) is 0 Å². The molecule has 2 aromatic heterocycles. The van der Waals surface area contributed by atoms with Crippen LogP contribution in [0.2, 0.25) is 5.02 Å². The molecule has 2 rings (SSSR count). The summed E-state index contributed by atoms with van der Waals surface area (Å²) in [5, 5.41) is 2.67. The smallest absolute Gasteiger partial charge is 0.334 e. The molecule has 106 valence electrons. The number of alkyl halides is 3. The first kappa shape index (κ1) is 14.4. The minimum atomic E-state index is -4.40. The van der Waals surface area contributed by atoms with Crippen LogP contribution in [-0.4, -0.2) is 21.6 Å². The predicted octanol–water partition coefficient (Wildman–Crippen LogP) is 3.35. The van der Waals surface area contributed by atoms with Crippen molar-refractivity contribution >= 4 is 23.2 Å². The van der Waals surface area contributed by atoms with Gasteiger partial charge in [0, 0.05) is 12.4 Å². The number of halogens is 4. The summed E-state index contributed by atoms with van der Waals surface area (Å²) in [6, 6.07) is 4.13. The molecule has 0 bridgehead atoms. The Labute approximate surface area is 117 Å². The Morgan fingerprint density at radius 2 is 2.15 bits per heavy atom. The van der Waals surface area contributed by atoms with E-state index in [2.05, 4.69) is 10.3 Å². The van der Waals surface area contributed by atoms with Gasteiger partial charge < -0.3 is 9.88 Å². The zero-order valence-electron chi connectivity index (χ0n) is 9.99. The number of hydrogen-bond donors (Lipinski definition) is 1. The lowest BCUT2D eigenvalue weighted by Gasteiger charge is -2.12. The lowest BCUT2D eigenvalue weighted by molar-refractivity contribution is -0.140. The molecule has 0 aromatic carbocycles. The second kappa shape index (κ2) is 5.54. The van der Waals surface area contributed by atoms with E-state index in [9.17, 15) is 18.0 Å². The molecule has 0 saturated heterocycles. The summed E-state index contributed by atoms with van der Waals surface area (Å²) >= 11 is 5.83. The van der Waals surface area contributed by atoms with Gasteiger partial charge in [-0.05, 0) is 18.2 Å². The normalized spacial score (nSPS) is 11.4. The number of nitrogens with one attached hydrogen (secondary N) is 1. The Balaban J connectivity index is 2.19. The molecule has 0 saturated carbocycles. The molecule has 0 radical (unpaired) electrons. The number of amides is 1. The third kappa shape index (κ3) is 3.51. The molecular formula is C12H9ClF3N3O. The first-order valence-electron chi connectivity index (χ1n) is 5.49. The molecule has 0 fully saturated rings. The minimum Gasteiger partial charge on any atom is -0.334 e. The van der Waals surface area contributed by atoms with E-state index in [1.807, 2.05) is 0 Å². The van der Waals surface area contributed by atoms with Gasteiger partial charge in [-0.15, -0.1) is 0 Å². The van der Waals surface area contributed by atoms with Crippen LogP contribution in [0.5, 0.6) is 0 Å². The van der Waals surface area contributed by atoms with Crippen molar-refractivity contribution in [2.24, 2.45) is 0 Å². The van der Waals surface area contributed by atoms with Gasteiger partial charge in [-0.1, -0.05) is 11.6 Å². The molecule has 4 nitrogen and oxygen atoms in total. The molecule has 1 amide bonds.